The SMILES string of the molecule is CCCC(C)c1ccc(S(=O)(=O)Nc2cc(C)on2)cc1. The summed E-state index contributed by atoms with van der Waals surface area (Å²) in [7, 11) is -3.63. The maximum Gasteiger partial charge on any atom is 0.263 e. The van der Waals surface area contributed by atoms with Gasteiger partial charge in [0.05, 0.1) is 4.90 Å². The van der Waals surface area contributed by atoms with E-state index in [1.807, 2.05) is 12.1 Å². The summed E-state index contributed by atoms with van der Waals surface area (Å²) in [6.45, 7) is 5.98. The largest absolute Gasteiger partial charge is 0.360 e. The number of benzene rings is 1. The molecule has 0 bridgehead atoms. The summed E-state index contributed by atoms with van der Waals surface area (Å²) in [5.41, 5.74) is 1.15. The monoisotopic (exact) mass is 308 g/mol. The molecule has 0 aliphatic rings. The fourth-order valence-electron chi connectivity index (χ4n) is 2.19. The second-order valence-corrected chi connectivity index (χ2v) is 6.87. The van der Waals surface area contributed by atoms with Gasteiger partial charge in [0, 0.05) is 6.07 Å². The standard InChI is InChI=1S/C15H20N2O3S/c1-4-5-11(2)13-6-8-14(9-7-13)21(18,19)17-15-10-12(3)20-16-15/h6-11H,4-5H2,1-3H3,(H,16,17). The van der Waals surface area contributed by atoms with Gasteiger partial charge >= 0.3 is 0 Å². The van der Waals surface area contributed by atoms with Crippen LogP contribution in [0.1, 0.15) is 43.9 Å². The van der Waals surface area contributed by atoms with Crippen LogP contribution < -0.4 is 4.72 Å². The second kappa shape index (κ2) is 6.30. The lowest BCUT2D eigenvalue weighted by molar-refractivity contribution is 0.400. The number of sulfonamides is 1. The van der Waals surface area contributed by atoms with Crippen molar-refractivity contribution in [1.29, 1.82) is 0 Å². The van der Waals surface area contributed by atoms with Crippen LogP contribution in [0.3, 0.4) is 0 Å². The van der Waals surface area contributed by atoms with E-state index in [1.165, 1.54) is 6.07 Å². The van der Waals surface area contributed by atoms with Crippen LogP contribution in [0.5, 0.6) is 0 Å². The normalized spacial score (nSPS) is 13.1. The number of rotatable bonds is 6. The molecule has 114 valence electrons. The van der Waals surface area contributed by atoms with Gasteiger partial charge in [-0.2, -0.15) is 0 Å². The zero-order valence-electron chi connectivity index (χ0n) is 12.5. The number of nitrogens with zero attached hydrogens (tertiary/aromatic N) is 1. The highest BCUT2D eigenvalue weighted by atomic mass is 32.2. The molecule has 2 rings (SSSR count). The molecular weight excluding hydrogens is 288 g/mol. The number of anilines is 1. The van der Waals surface area contributed by atoms with Crippen LogP contribution in [-0.4, -0.2) is 13.6 Å². The number of aryl methyl sites for hydroxylation is 1. The van der Waals surface area contributed by atoms with E-state index in [4.69, 9.17) is 4.52 Å². The average Bonchev–Trinajstić information content (AvgIpc) is 2.84. The Morgan fingerprint density at radius 1 is 1.29 bits per heavy atom. The Hall–Kier alpha value is -1.82. The number of hydrogen-bond donors (Lipinski definition) is 1. The maximum absolute atomic E-state index is 12.2. The molecule has 2 aromatic rings. The molecule has 0 saturated heterocycles. The van der Waals surface area contributed by atoms with E-state index < -0.39 is 10.0 Å². The molecular formula is C15H20N2O3S. The topological polar surface area (TPSA) is 72.2 Å². The summed E-state index contributed by atoms with van der Waals surface area (Å²) in [5, 5.41) is 3.63. The summed E-state index contributed by atoms with van der Waals surface area (Å²) >= 11 is 0. The third-order valence-corrected chi connectivity index (χ3v) is 4.72. The zero-order valence-corrected chi connectivity index (χ0v) is 13.3. The first-order valence-electron chi connectivity index (χ1n) is 6.98. The van der Waals surface area contributed by atoms with Crippen molar-refractivity contribution in [3.05, 3.63) is 41.7 Å². The van der Waals surface area contributed by atoms with Crippen LogP contribution in [0.25, 0.3) is 0 Å². The Labute approximate surface area is 125 Å². The van der Waals surface area contributed by atoms with Gasteiger partial charge in [-0.15, -0.1) is 0 Å². The van der Waals surface area contributed by atoms with Crippen molar-refractivity contribution in [2.75, 3.05) is 4.72 Å². The highest BCUT2D eigenvalue weighted by molar-refractivity contribution is 7.92. The van der Waals surface area contributed by atoms with E-state index in [1.54, 1.807) is 19.1 Å². The lowest BCUT2D eigenvalue weighted by atomic mass is 9.97. The van der Waals surface area contributed by atoms with E-state index in [9.17, 15) is 8.42 Å². The lowest BCUT2D eigenvalue weighted by Gasteiger charge is -2.11. The third kappa shape index (κ3) is 3.85. The predicted molar refractivity (Wildman–Crippen MR) is 81.8 cm³/mol. The Kier molecular flexibility index (Phi) is 4.67. The molecule has 0 fully saturated rings. The fraction of sp³-hybridized carbons (Fsp3) is 0.400. The molecule has 1 heterocycles. The molecule has 1 N–H and O–H groups in total. The van der Waals surface area contributed by atoms with Crippen LogP contribution in [0, 0.1) is 6.92 Å². The quantitative estimate of drug-likeness (QED) is 0.883. The molecule has 0 amide bonds. The van der Waals surface area contributed by atoms with E-state index in [2.05, 4.69) is 23.7 Å². The zero-order chi connectivity index (χ0) is 15.5. The van der Waals surface area contributed by atoms with E-state index in [-0.39, 0.29) is 10.7 Å². The predicted octanol–water partition coefficient (Wildman–Crippen LogP) is 3.69. The van der Waals surface area contributed by atoms with Crippen molar-refractivity contribution in [2.24, 2.45) is 0 Å². The van der Waals surface area contributed by atoms with E-state index in [0.717, 1.165) is 18.4 Å². The molecule has 1 unspecified atom stereocenters. The number of hydrogen-bond acceptors (Lipinski definition) is 4. The summed E-state index contributed by atoms with van der Waals surface area (Å²) < 4.78 is 31.7. The second-order valence-electron chi connectivity index (χ2n) is 5.19. The Bertz CT molecular complexity index is 690. The highest BCUT2D eigenvalue weighted by Gasteiger charge is 2.16. The maximum atomic E-state index is 12.2. The minimum atomic E-state index is -3.63. The molecule has 0 aliphatic carbocycles. The third-order valence-electron chi connectivity index (χ3n) is 3.35. The van der Waals surface area contributed by atoms with Crippen LogP contribution in [0.4, 0.5) is 5.82 Å². The minimum absolute atomic E-state index is 0.191. The van der Waals surface area contributed by atoms with Crippen molar-refractivity contribution < 1.29 is 12.9 Å². The molecule has 0 aliphatic heterocycles. The van der Waals surface area contributed by atoms with Crippen LogP contribution >= 0.6 is 0 Å². The molecule has 0 spiro atoms. The molecule has 5 nitrogen and oxygen atoms in total. The highest BCUT2D eigenvalue weighted by Crippen LogP contribution is 2.23. The van der Waals surface area contributed by atoms with Crippen LogP contribution in [-0.2, 0) is 10.0 Å². The number of aromatic nitrogens is 1. The Morgan fingerprint density at radius 3 is 2.48 bits per heavy atom. The first kappa shape index (κ1) is 15.6. The first-order chi connectivity index (χ1) is 9.92. The van der Waals surface area contributed by atoms with Gasteiger partial charge in [-0.3, -0.25) is 4.72 Å². The van der Waals surface area contributed by atoms with Gasteiger partial charge in [0.25, 0.3) is 10.0 Å². The fourth-order valence-corrected chi connectivity index (χ4v) is 3.17. The Morgan fingerprint density at radius 2 is 1.95 bits per heavy atom. The molecule has 1 atom stereocenters. The molecule has 0 radical (unpaired) electrons. The smallest absolute Gasteiger partial charge is 0.263 e. The van der Waals surface area contributed by atoms with Gasteiger partial charge in [0.15, 0.2) is 5.82 Å². The molecule has 1 aromatic heterocycles. The van der Waals surface area contributed by atoms with Crippen molar-refractivity contribution in [1.82, 2.24) is 5.16 Å². The van der Waals surface area contributed by atoms with Crippen molar-refractivity contribution in [2.45, 2.75) is 44.4 Å². The molecule has 21 heavy (non-hydrogen) atoms. The summed E-state index contributed by atoms with van der Waals surface area (Å²) in [5.74, 6) is 1.17. The van der Waals surface area contributed by atoms with Crippen molar-refractivity contribution in [3.8, 4) is 0 Å². The Balaban J connectivity index is 2.17. The van der Waals surface area contributed by atoms with E-state index in [0.29, 0.717) is 11.7 Å². The summed E-state index contributed by atoms with van der Waals surface area (Å²) in [6, 6.07) is 8.51. The van der Waals surface area contributed by atoms with E-state index >= 15 is 0 Å². The molecule has 0 saturated carbocycles. The van der Waals surface area contributed by atoms with Gasteiger partial charge in [0.1, 0.15) is 5.76 Å². The van der Waals surface area contributed by atoms with Gasteiger partial charge in [-0.05, 0) is 37.0 Å². The van der Waals surface area contributed by atoms with Gasteiger partial charge in [0.2, 0.25) is 0 Å². The van der Waals surface area contributed by atoms with Crippen molar-refractivity contribution >= 4 is 15.8 Å². The van der Waals surface area contributed by atoms with Gasteiger partial charge in [-0.25, -0.2) is 8.42 Å². The average molecular weight is 308 g/mol. The minimum Gasteiger partial charge on any atom is -0.360 e. The lowest BCUT2D eigenvalue weighted by Crippen LogP contribution is -2.13. The van der Waals surface area contributed by atoms with Gasteiger partial charge in [-0.1, -0.05) is 37.6 Å². The van der Waals surface area contributed by atoms with Crippen LogP contribution in [0.15, 0.2) is 39.8 Å². The van der Waals surface area contributed by atoms with Crippen molar-refractivity contribution in [3.63, 3.8) is 0 Å². The summed E-state index contributed by atoms with van der Waals surface area (Å²) in [6.07, 6.45) is 2.19. The first-order valence-corrected chi connectivity index (χ1v) is 8.47. The molecule has 6 heteroatoms. The molecule has 1 aromatic carbocycles. The number of nitrogens with one attached hydrogen (secondary N) is 1. The van der Waals surface area contributed by atoms with Gasteiger partial charge < -0.3 is 4.52 Å². The van der Waals surface area contributed by atoms with Crippen LogP contribution in [0.2, 0.25) is 0 Å². The summed E-state index contributed by atoms with van der Waals surface area (Å²) in [4.78, 5) is 0.218.